The lowest BCUT2D eigenvalue weighted by molar-refractivity contribution is -0.123. The highest BCUT2D eigenvalue weighted by atomic mass is 35.5. The molecule has 0 saturated carbocycles. The first-order valence-electron chi connectivity index (χ1n) is 8.61. The summed E-state index contributed by atoms with van der Waals surface area (Å²) in [6, 6.07) is 11.8. The molecule has 2 aromatic carbocycles. The first-order chi connectivity index (χ1) is 13.7. The van der Waals surface area contributed by atoms with E-state index in [1.165, 1.54) is 38.1 Å². The van der Waals surface area contributed by atoms with Crippen molar-refractivity contribution in [1.29, 1.82) is 0 Å². The van der Waals surface area contributed by atoms with Crippen molar-refractivity contribution >= 4 is 45.9 Å². The number of nitrogens with one attached hydrogen (secondary N) is 1. The van der Waals surface area contributed by atoms with Gasteiger partial charge in [0.2, 0.25) is 5.76 Å². The van der Waals surface area contributed by atoms with E-state index < -0.39 is 23.4 Å². The van der Waals surface area contributed by atoms with E-state index in [4.69, 9.17) is 20.8 Å². The number of fused-ring (bicyclic) bond motifs is 1. The first-order valence-corrected chi connectivity index (χ1v) is 8.98. The number of hydrogen-bond donors (Lipinski definition) is 1. The summed E-state index contributed by atoms with van der Waals surface area (Å²) in [6.07, 6.45) is -1.17. The molecule has 0 aliphatic rings. The molecule has 148 valence electrons. The molecule has 29 heavy (non-hydrogen) atoms. The maximum Gasteiger partial charge on any atom is 0.375 e. The molecule has 0 aliphatic heterocycles. The van der Waals surface area contributed by atoms with Gasteiger partial charge in [-0.1, -0.05) is 23.7 Å². The molecular formula is C21H16ClNO6. The van der Waals surface area contributed by atoms with Gasteiger partial charge in [-0.25, -0.2) is 4.79 Å². The number of esters is 1. The second kappa shape index (κ2) is 8.28. The van der Waals surface area contributed by atoms with Crippen LogP contribution in [0.5, 0.6) is 0 Å². The Morgan fingerprint density at radius 3 is 2.59 bits per heavy atom. The third-order valence-corrected chi connectivity index (χ3v) is 4.32. The van der Waals surface area contributed by atoms with Gasteiger partial charge in [0.05, 0.1) is 5.39 Å². The van der Waals surface area contributed by atoms with Gasteiger partial charge in [-0.2, -0.15) is 0 Å². The number of anilines is 1. The Morgan fingerprint density at radius 2 is 1.86 bits per heavy atom. The van der Waals surface area contributed by atoms with E-state index >= 15 is 0 Å². The lowest BCUT2D eigenvalue weighted by Gasteiger charge is -2.13. The van der Waals surface area contributed by atoms with E-state index in [1.807, 2.05) is 0 Å². The van der Waals surface area contributed by atoms with Gasteiger partial charge in [-0.3, -0.25) is 14.4 Å². The molecule has 0 saturated heterocycles. The van der Waals surface area contributed by atoms with Crippen molar-refractivity contribution in [3.8, 4) is 0 Å². The molecule has 0 spiro atoms. The number of rotatable bonds is 5. The SMILES string of the molecule is CC(=O)c1cccc(NC(=O)[C@H](C)OC(=O)c2cc(=O)c3cc(Cl)ccc3o2)c1. The standard InChI is InChI=1S/C21H16ClNO6/c1-11(24)13-4-3-5-15(8-13)23-20(26)12(2)28-21(27)19-10-17(25)16-9-14(22)6-7-18(16)29-19/h3-10,12H,1-2H3,(H,23,26)/t12-/m0/s1. The summed E-state index contributed by atoms with van der Waals surface area (Å²) in [7, 11) is 0. The molecule has 8 heteroatoms. The summed E-state index contributed by atoms with van der Waals surface area (Å²) in [4.78, 5) is 48.2. The van der Waals surface area contributed by atoms with Gasteiger partial charge in [-0.15, -0.1) is 0 Å². The summed E-state index contributed by atoms with van der Waals surface area (Å²) in [5, 5.41) is 3.15. The molecule has 3 rings (SSSR count). The molecule has 1 atom stereocenters. The number of amides is 1. The molecule has 1 aromatic heterocycles. The molecule has 1 N–H and O–H groups in total. The van der Waals surface area contributed by atoms with Crippen molar-refractivity contribution in [2.24, 2.45) is 0 Å². The zero-order chi connectivity index (χ0) is 21.1. The topological polar surface area (TPSA) is 103 Å². The minimum absolute atomic E-state index is 0.145. The van der Waals surface area contributed by atoms with E-state index in [0.717, 1.165) is 6.07 Å². The van der Waals surface area contributed by atoms with Crippen molar-refractivity contribution in [2.45, 2.75) is 20.0 Å². The number of carbonyl (C=O) groups excluding carboxylic acids is 3. The maximum atomic E-state index is 12.3. The van der Waals surface area contributed by atoms with E-state index in [0.29, 0.717) is 16.3 Å². The Balaban J connectivity index is 1.73. The Bertz CT molecular complexity index is 1180. The highest BCUT2D eigenvalue weighted by molar-refractivity contribution is 6.31. The average Bonchev–Trinajstić information content (AvgIpc) is 2.68. The fourth-order valence-corrected chi connectivity index (χ4v) is 2.73. The van der Waals surface area contributed by atoms with E-state index in [2.05, 4.69) is 5.32 Å². The fourth-order valence-electron chi connectivity index (χ4n) is 2.56. The average molecular weight is 414 g/mol. The molecule has 3 aromatic rings. The van der Waals surface area contributed by atoms with Crippen LogP contribution in [-0.4, -0.2) is 23.8 Å². The number of carbonyl (C=O) groups is 3. The third-order valence-electron chi connectivity index (χ3n) is 4.08. The monoisotopic (exact) mass is 413 g/mol. The lowest BCUT2D eigenvalue weighted by Crippen LogP contribution is -2.30. The predicted octanol–water partition coefficient (Wildman–Crippen LogP) is 3.83. The Kier molecular flexibility index (Phi) is 5.79. The second-order valence-electron chi connectivity index (χ2n) is 6.29. The zero-order valence-corrected chi connectivity index (χ0v) is 16.3. The summed E-state index contributed by atoms with van der Waals surface area (Å²) in [5.41, 5.74) is 0.538. The summed E-state index contributed by atoms with van der Waals surface area (Å²) in [5.74, 6) is -2.04. The van der Waals surface area contributed by atoms with Crippen molar-refractivity contribution in [2.75, 3.05) is 5.32 Å². The van der Waals surface area contributed by atoms with Crippen LogP contribution >= 0.6 is 11.6 Å². The number of Topliss-reactive ketones (excluding diaryl/α,β-unsaturated/α-hetero) is 1. The first kappa shape index (κ1) is 20.3. The van der Waals surface area contributed by atoms with Gasteiger partial charge in [0.1, 0.15) is 5.58 Å². The van der Waals surface area contributed by atoms with Crippen LogP contribution in [0.3, 0.4) is 0 Å². The minimum Gasteiger partial charge on any atom is -0.449 e. The highest BCUT2D eigenvalue weighted by Gasteiger charge is 2.22. The van der Waals surface area contributed by atoms with Crippen LogP contribution in [-0.2, 0) is 9.53 Å². The minimum atomic E-state index is -1.17. The summed E-state index contributed by atoms with van der Waals surface area (Å²) >= 11 is 5.85. The van der Waals surface area contributed by atoms with E-state index in [1.54, 1.807) is 18.2 Å². The van der Waals surface area contributed by atoms with Gasteiger partial charge in [0.15, 0.2) is 17.3 Å². The molecule has 1 heterocycles. The quantitative estimate of drug-likeness (QED) is 0.503. The zero-order valence-electron chi connectivity index (χ0n) is 15.5. The molecule has 7 nitrogen and oxygen atoms in total. The molecule has 0 unspecified atom stereocenters. The number of benzene rings is 2. The van der Waals surface area contributed by atoms with Gasteiger partial charge in [0.25, 0.3) is 5.91 Å². The van der Waals surface area contributed by atoms with Crippen LogP contribution in [0.4, 0.5) is 5.69 Å². The van der Waals surface area contributed by atoms with Crippen LogP contribution in [0.2, 0.25) is 5.02 Å². The van der Waals surface area contributed by atoms with Crippen LogP contribution in [0.15, 0.2) is 57.7 Å². The highest BCUT2D eigenvalue weighted by Crippen LogP contribution is 2.18. The molecule has 0 bridgehead atoms. The van der Waals surface area contributed by atoms with E-state index in [9.17, 15) is 19.2 Å². The molecule has 0 radical (unpaired) electrons. The van der Waals surface area contributed by atoms with Crippen LogP contribution in [0, 0.1) is 0 Å². The van der Waals surface area contributed by atoms with Crippen LogP contribution in [0.25, 0.3) is 11.0 Å². The van der Waals surface area contributed by atoms with Gasteiger partial charge >= 0.3 is 5.97 Å². The van der Waals surface area contributed by atoms with Crippen LogP contribution < -0.4 is 10.7 Å². The van der Waals surface area contributed by atoms with Crippen LogP contribution in [0.1, 0.15) is 34.8 Å². The van der Waals surface area contributed by atoms with Crippen molar-refractivity contribution in [3.63, 3.8) is 0 Å². The van der Waals surface area contributed by atoms with Gasteiger partial charge in [0, 0.05) is 22.3 Å². The summed E-state index contributed by atoms with van der Waals surface area (Å²) < 4.78 is 10.5. The molecule has 0 aliphatic carbocycles. The number of hydrogen-bond acceptors (Lipinski definition) is 6. The van der Waals surface area contributed by atoms with Crippen molar-refractivity contribution < 1.29 is 23.5 Å². The smallest absolute Gasteiger partial charge is 0.375 e. The van der Waals surface area contributed by atoms with Crippen molar-refractivity contribution in [1.82, 2.24) is 0 Å². The Labute approximate surface area is 170 Å². The molecule has 1 amide bonds. The normalized spacial score (nSPS) is 11.7. The lowest BCUT2D eigenvalue weighted by atomic mass is 10.1. The second-order valence-corrected chi connectivity index (χ2v) is 6.73. The van der Waals surface area contributed by atoms with Crippen molar-refractivity contribution in [3.05, 3.63) is 75.1 Å². The largest absolute Gasteiger partial charge is 0.449 e. The number of halogens is 1. The molecular weight excluding hydrogens is 398 g/mol. The fraction of sp³-hybridized carbons (Fsp3) is 0.143. The predicted molar refractivity (Wildman–Crippen MR) is 107 cm³/mol. The summed E-state index contributed by atoms with van der Waals surface area (Å²) in [6.45, 7) is 2.79. The van der Waals surface area contributed by atoms with Gasteiger partial charge in [-0.05, 0) is 44.2 Å². The molecule has 0 fully saturated rings. The number of ether oxygens (including phenoxy) is 1. The Hall–Kier alpha value is -3.45. The van der Waals surface area contributed by atoms with Gasteiger partial charge < -0.3 is 14.5 Å². The van der Waals surface area contributed by atoms with E-state index in [-0.39, 0.29) is 22.5 Å². The Morgan fingerprint density at radius 1 is 1.10 bits per heavy atom. The maximum absolute atomic E-state index is 12.3. The third kappa shape index (κ3) is 4.70. The number of ketones is 1.